The lowest BCUT2D eigenvalue weighted by molar-refractivity contribution is -0.122. The fourth-order valence-corrected chi connectivity index (χ4v) is 2.99. The highest BCUT2D eigenvalue weighted by molar-refractivity contribution is 6.33. The molecule has 3 rings (SSSR count). The van der Waals surface area contributed by atoms with Crippen LogP contribution in [0.15, 0.2) is 78.9 Å². The maximum Gasteiger partial charge on any atom is 0.253 e. The first-order valence-corrected chi connectivity index (χ1v) is 9.99. The molecule has 0 aliphatic carbocycles. The van der Waals surface area contributed by atoms with Gasteiger partial charge in [-0.15, -0.1) is 0 Å². The zero-order valence-electron chi connectivity index (χ0n) is 16.6. The van der Waals surface area contributed by atoms with Crippen molar-refractivity contribution in [2.45, 2.75) is 26.1 Å². The fraction of sp³-hybridized carbons (Fsp3) is 0.167. The Balaban J connectivity index is 1.45. The summed E-state index contributed by atoms with van der Waals surface area (Å²) in [5.74, 6) is 0.166. The van der Waals surface area contributed by atoms with Crippen LogP contribution in [-0.2, 0) is 17.9 Å². The third-order valence-electron chi connectivity index (χ3n) is 4.50. The quantitative estimate of drug-likeness (QED) is 0.567. The van der Waals surface area contributed by atoms with Gasteiger partial charge in [0.05, 0.1) is 10.6 Å². The molecule has 0 aliphatic rings. The van der Waals surface area contributed by atoms with Crippen LogP contribution in [0.4, 0.5) is 0 Å². The Morgan fingerprint density at radius 2 is 1.53 bits per heavy atom. The molecule has 1 atom stereocenters. The zero-order valence-corrected chi connectivity index (χ0v) is 17.4. The maximum absolute atomic E-state index is 12.3. The van der Waals surface area contributed by atoms with Gasteiger partial charge in [0.15, 0.2) is 0 Å². The zero-order chi connectivity index (χ0) is 21.3. The SMILES string of the molecule is C[C@H](NC(=O)c1ccccc1Cl)C(=O)NCc1ccc(COc2ccccc2)cc1. The van der Waals surface area contributed by atoms with Gasteiger partial charge in [0.2, 0.25) is 5.91 Å². The van der Waals surface area contributed by atoms with Crippen LogP contribution in [0.2, 0.25) is 5.02 Å². The molecular formula is C24H23ClN2O3. The van der Waals surface area contributed by atoms with E-state index in [0.29, 0.717) is 23.7 Å². The minimum absolute atomic E-state index is 0.271. The number of halogens is 1. The summed E-state index contributed by atoms with van der Waals surface area (Å²) in [6.07, 6.45) is 0. The first kappa shape index (κ1) is 21.4. The number of hydrogen-bond donors (Lipinski definition) is 2. The normalized spacial score (nSPS) is 11.4. The monoisotopic (exact) mass is 422 g/mol. The van der Waals surface area contributed by atoms with E-state index in [2.05, 4.69) is 10.6 Å². The van der Waals surface area contributed by atoms with Crippen LogP contribution in [-0.4, -0.2) is 17.9 Å². The molecule has 0 fully saturated rings. The van der Waals surface area contributed by atoms with Crippen LogP contribution in [0.25, 0.3) is 0 Å². The van der Waals surface area contributed by atoms with Crippen LogP contribution in [0.1, 0.15) is 28.4 Å². The first-order chi connectivity index (χ1) is 14.5. The molecule has 0 saturated carbocycles. The van der Waals surface area contributed by atoms with E-state index in [0.717, 1.165) is 16.9 Å². The van der Waals surface area contributed by atoms with E-state index in [1.54, 1.807) is 31.2 Å². The average Bonchev–Trinajstić information content (AvgIpc) is 2.77. The van der Waals surface area contributed by atoms with Gasteiger partial charge in [-0.05, 0) is 42.3 Å². The van der Waals surface area contributed by atoms with Crippen LogP contribution < -0.4 is 15.4 Å². The van der Waals surface area contributed by atoms with Crippen LogP contribution in [0, 0.1) is 0 Å². The number of ether oxygens (including phenoxy) is 1. The molecule has 0 unspecified atom stereocenters. The molecule has 6 heteroatoms. The van der Waals surface area contributed by atoms with E-state index in [4.69, 9.17) is 16.3 Å². The van der Waals surface area contributed by atoms with E-state index in [-0.39, 0.29) is 11.8 Å². The van der Waals surface area contributed by atoms with Crippen LogP contribution in [0.3, 0.4) is 0 Å². The van der Waals surface area contributed by atoms with Crippen molar-refractivity contribution in [2.75, 3.05) is 0 Å². The summed E-state index contributed by atoms with van der Waals surface area (Å²) in [5, 5.41) is 5.84. The highest BCUT2D eigenvalue weighted by atomic mass is 35.5. The molecule has 3 aromatic carbocycles. The van der Waals surface area contributed by atoms with Crippen LogP contribution >= 0.6 is 11.6 Å². The number of rotatable bonds is 8. The van der Waals surface area contributed by atoms with Crippen molar-refractivity contribution < 1.29 is 14.3 Å². The second-order valence-corrected chi connectivity index (χ2v) is 7.22. The Kier molecular flexibility index (Phi) is 7.46. The lowest BCUT2D eigenvalue weighted by Crippen LogP contribution is -2.44. The fourth-order valence-electron chi connectivity index (χ4n) is 2.76. The van der Waals surface area contributed by atoms with Gasteiger partial charge < -0.3 is 15.4 Å². The van der Waals surface area contributed by atoms with E-state index >= 15 is 0 Å². The van der Waals surface area contributed by atoms with Gasteiger partial charge in [-0.2, -0.15) is 0 Å². The van der Waals surface area contributed by atoms with Gasteiger partial charge in [0, 0.05) is 6.54 Å². The van der Waals surface area contributed by atoms with Crippen molar-refractivity contribution in [3.05, 3.63) is 101 Å². The lowest BCUT2D eigenvalue weighted by Gasteiger charge is -2.15. The van der Waals surface area contributed by atoms with E-state index in [1.807, 2.05) is 54.6 Å². The number of amides is 2. The smallest absolute Gasteiger partial charge is 0.253 e. The Hall–Kier alpha value is -3.31. The van der Waals surface area contributed by atoms with E-state index in [9.17, 15) is 9.59 Å². The molecule has 2 N–H and O–H groups in total. The molecule has 2 amide bonds. The maximum atomic E-state index is 12.3. The molecule has 0 saturated heterocycles. The van der Waals surface area contributed by atoms with Crippen molar-refractivity contribution in [1.82, 2.24) is 10.6 Å². The summed E-state index contributed by atoms with van der Waals surface area (Å²) in [5.41, 5.74) is 2.33. The topological polar surface area (TPSA) is 67.4 Å². The molecule has 30 heavy (non-hydrogen) atoms. The summed E-state index contributed by atoms with van der Waals surface area (Å²) in [6.45, 7) is 2.47. The van der Waals surface area contributed by atoms with Crippen molar-refractivity contribution in [3.8, 4) is 5.75 Å². The van der Waals surface area contributed by atoms with Crippen molar-refractivity contribution in [2.24, 2.45) is 0 Å². The predicted molar refractivity (Wildman–Crippen MR) is 117 cm³/mol. The first-order valence-electron chi connectivity index (χ1n) is 9.61. The highest BCUT2D eigenvalue weighted by Crippen LogP contribution is 2.15. The van der Waals surface area contributed by atoms with Gasteiger partial charge in [0.25, 0.3) is 5.91 Å². The van der Waals surface area contributed by atoms with Crippen molar-refractivity contribution >= 4 is 23.4 Å². The number of carbonyl (C=O) groups excluding carboxylic acids is 2. The Bertz CT molecular complexity index is 991. The molecule has 0 bridgehead atoms. The average molecular weight is 423 g/mol. The van der Waals surface area contributed by atoms with Gasteiger partial charge in [0.1, 0.15) is 18.4 Å². The van der Waals surface area contributed by atoms with Crippen molar-refractivity contribution in [1.29, 1.82) is 0 Å². The summed E-state index contributed by atoms with van der Waals surface area (Å²) in [4.78, 5) is 24.6. The summed E-state index contributed by atoms with van der Waals surface area (Å²) in [7, 11) is 0. The minimum Gasteiger partial charge on any atom is -0.489 e. The van der Waals surface area contributed by atoms with E-state index in [1.165, 1.54) is 0 Å². The highest BCUT2D eigenvalue weighted by Gasteiger charge is 2.17. The Morgan fingerprint density at radius 3 is 2.23 bits per heavy atom. The Labute approximate surface area is 181 Å². The second kappa shape index (κ2) is 10.5. The summed E-state index contributed by atoms with van der Waals surface area (Å²) >= 11 is 6.02. The number of carbonyl (C=O) groups is 2. The number of benzene rings is 3. The molecule has 0 spiro atoms. The number of hydrogen-bond acceptors (Lipinski definition) is 3. The molecular weight excluding hydrogens is 400 g/mol. The second-order valence-electron chi connectivity index (χ2n) is 6.81. The van der Waals surface area contributed by atoms with Crippen molar-refractivity contribution in [3.63, 3.8) is 0 Å². The summed E-state index contributed by atoms with van der Waals surface area (Å²) < 4.78 is 5.72. The Morgan fingerprint density at radius 1 is 0.900 bits per heavy atom. The molecule has 0 aromatic heterocycles. The van der Waals surface area contributed by atoms with Gasteiger partial charge in [-0.3, -0.25) is 9.59 Å². The van der Waals surface area contributed by atoms with Gasteiger partial charge in [-0.25, -0.2) is 0 Å². The van der Waals surface area contributed by atoms with E-state index < -0.39 is 6.04 Å². The third kappa shape index (κ3) is 6.09. The van der Waals surface area contributed by atoms with Gasteiger partial charge in [-0.1, -0.05) is 66.2 Å². The molecule has 0 aliphatic heterocycles. The lowest BCUT2D eigenvalue weighted by atomic mass is 10.1. The third-order valence-corrected chi connectivity index (χ3v) is 4.83. The largest absolute Gasteiger partial charge is 0.489 e. The molecule has 3 aromatic rings. The molecule has 0 radical (unpaired) electrons. The van der Waals surface area contributed by atoms with Gasteiger partial charge >= 0.3 is 0 Å². The number of para-hydroxylation sites is 1. The molecule has 154 valence electrons. The minimum atomic E-state index is -0.688. The van der Waals surface area contributed by atoms with Crippen LogP contribution in [0.5, 0.6) is 5.75 Å². The predicted octanol–water partition coefficient (Wildman–Crippen LogP) is 4.35. The summed E-state index contributed by atoms with van der Waals surface area (Å²) in [6, 6.07) is 23.5. The molecule has 0 heterocycles. The molecule has 5 nitrogen and oxygen atoms in total. The standard InChI is InChI=1S/C24H23ClN2O3/c1-17(27-24(29)21-9-5-6-10-22(21)25)23(28)26-15-18-11-13-19(14-12-18)16-30-20-7-3-2-4-8-20/h2-14,17H,15-16H2,1H3,(H,26,28)(H,27,29)/t17-/m0/s1. The number of nitrogens with one attached hydrogen (secondary N) is 2.